The van der Waals surface area contributed by atoms with E-state index in [2.05, 4.69) is 0 Å². The average molecular weight is 278 g/mol. The van der Waals surface area contributed by atoms with Gasteiger partial charge in [0, 0.05) is 10.4 Å². The van der Waals surface area contributed by atoms with Crippen molar-refractivity contribution in [3.05, 3.63) is 0 Å². The maximum atomic E-state index is 8.58. The third-order valence-electron chi connectivity index (χ3n) is 0. The molecular weight excluding hydrogens is 278 g/mol. The summed E-state index contributed by atoms with van der Waals surface area (Å²) in [6.07, 6.45) is 0. The van der Waals surface area contributed by atoms with Crippen LogP contribution in [0.2, 0.25) is 0 Å². The van der Waals surface area contributed by atoms with Crippen LogP contribution >= 0.6 is 0 Å². The monoisotopic (exact) mass is 278 g/mol. The minimum absolute atomic E-state index is 0. The van der Waals surface area contributed by atoms with Crippen molar-refractivity contribution in [2.45, 2.75) is 0 Å². The van der Waals surface area contributed by atoms with E-state index in [4.69, 9.17) is 36.7 Å². The van der Waals surface area contributed by atoms with E-state index < -0.39 is 19.4 Å². The first-order valence-corrected chi connectivity index (χ1v) is 4.45. The fourth-order valence-electron chi connectivity index (χ4n) is 0. The molecule has 0 atom stereocenters. The molecule has 0 saturated carbocycles. The Morgan fingerprint density at radius 1 is 0.923 bits per heavy atom. The summed E-state index contributed by atoms with van der Waals surface area (Å²) < 4.78 is 34.1. The zero-order chi connectivity index (χ0) is 9.00. The molecule has 0 radical (unpaired) electrons. The molecule has 0 aromatic rings. The van der Waals surface area contributed by atoms with Gasteiger partial charge in [-0.05, 0) is 0 Å². The maximum Gasteiger partial charge on any atom is 3.00 e. The summed E-state index contributed by atoms with van der Waals surface area (Å²) in [6, 6.07) is 0. The Morgan fingerprint density at radius 2 is 0.923 bits per heavy atom. The second-order valence-electron chi connectivity index (χ2n) is 0.908. The van der Waals surface area contributed by atoms with Gasteiger partial charge in [-0.2, -0.15) is 0 Å². The Bertz CT molecular complexity index is 159. The third kappa shape index (κ3) is 322. The molecule has 0 amide bonds. The number of hydrogen-bond acceptors (Lipinski definition) is 8. The molecule has 0 rings (SSSR count). The maximum absolute atomic E-state index is 8.58. The first-order chi connectivity index (χ1) is 4.00. The van der Waals surface area contributed by atoms with Gasteiger partial charge in [-0.15, -0.1) is 0 Å². The molecule has 0 heterocycles. The SMILES string of the molecule is O=S(=O)([O-])[O-].[Al+3].[Ca+2].[Na+].[O-][Si]([O-])([O-])[O-]. The molecule has 0 saturated heterocycles. The molecule has 8 nitrogen and oxygen atoms in total. The quantitative estimate of drug-likeness (QED) is 0.238. The zero-order valence-electron chi connectivity index (χ0n) is 6.46. The minimum Gasteiger partial charge on any atom is -0.894 e. The molecule has 0 aromatic carbocycles. The van der Waals surface area contributed by atoms with Gasteiger partial charge in [0.05, 0.1) is 0 Å². The van der Waals surface area contributed by atoms with Crippen LogP contribution < -0.4 is 48.7 Å². The molecule has 0 bridgehead atoms. The first kappa shape index (κ1) is 29.6. The molecule has 0 aliphatic carbocycles. The van der Waals surface area contributed by atoms with Crippen molar-refractivity contribution in [1.82, 2.24) is 0 Å². The number of rotatable bonds is 0. The Balaban J connectivity index is -0.0000000267. The number of hydrogen-bond donors (Lipinski definition) is 0. The van der Waals surface area contributed by atoms with Crippen molar-refractivity contribution < 1.29 is 66.3 Å². The van der Waals surface area contributed by atoms with Crippen LogP contribution in [0.5, 0.6) is 0 Å². The molecule has 0 aliphatic heterocycles. The van der Waals surface area contributed by atoms with Crippen LogP contribution in [0, 0.1) is 0 Å². The molecule has 0 fully saturated rings. The van der Waals surface area contributed by atoms with E-state index in [1.807, 2.05) is 0 Å². The Morgan fingerprint density at radius 3 is 0.923 bits per heavy atom. The van der Waals surface area contributed by atoms with Gasteiger partial charge in [-0.25, -0.2) is 0 Å². The van der Waals surface area contributed by atoms with Crippen LogP contribution in [0.4, 0.5) is 0 Å². The summed E-state index contributed by atoms with van der Waals surface area (Å²) in [7, 11) is -10.8. The first-order valence-electron chi connectivity index (χ1n) is 1.48. The summed E-state index contributed by atoms with van der Waals surface area (Å²) in [4.78, 5) is 34.3. The van der Waals surface area contributed by atoms with E-state index in [1.165, 1.54) is 0 Å². The van der Waals surface area contributed by atoms with Crippen molar-refractivity contribution in [2.75, 3.05) is 0 Å². The second-order valence-corrected chi connectivity index (χ2v) is 2.72. The van der Waals surface area contributed by atoms with E-state index in [9.17, 15) is 0 Å². The van der Waals surface area contributed by atoms with Crippen molar-refractivity contribution in [3.8, 4) is 0 Å². The Labute approximate surface area is 138 Å². The topological polar surface area (TPSA) is 172 Å². The molecule has 0 N–H and O–H groups in total. The van der Waals surface area contributed by atoms with Gasteiger partial charge in [0.15, 0.2) is 0 Å². The van der Waals surface area contributed by atoms with Crippen molar-refractivity contribution in [1.29, 1.82) is 0 Å². The zero-order valence-corrected chi connectivity index (χ0v) is 13.6. The standard InChI is InChI=1S/Al.Ca.Na.H2O4S.O4Si/c;;;2*1-5(2,3)4/h;;;(H2,1,2,3,4);/q+3;+2;+1;;-4/p-2. The molecular formula is AlCaNaO8SSi. The van der Waals surface area contributed by atoms with Gasteiger partial charge in [0.25, 0.3) is 0 Å². The predicted molar refractivity (Wildman–Crippen MR) is 27.7 cm³/mol. The smallest absolute Gasteiger partial charge is 0.894 e. The van der Waals surface area contributed by atoms with Crippen LogP contribution in [-0.4, -0.2) is 81.7 Å². The van der Waals surface area contributed by atoms with Crippen molar-refractivity contribution in [2.24, 2.45) is 0 Å². The Hall–Kier alpha value is 2.72. The third-order valence-corrected chi connectivity index (χ3v) is 0. The summed E-state index contributed by atoms with van der Waals surface area (Å²) in [5, 5.41) is 0. The fourth-order valence-corrected chi connectivity index (χ4v) is 0. The van der Waals surface area contributed by atoms with E-state index in [0.29, 0.717) is 0 Å². The van der Waals surface area contributed by atoms with Crippen LogP contribution in [0.25, 0.3) is 0 Å². The van der Waals surface area contributed by atoms with E-state index >= 15 is 0 Å². The normalized spacial score (nSPS) is 9.08. The van der Waals surface area contributed by atoms with Gasteiger partial charge in [0.1, 0.15) is 0 Å². The summed E-state index contributed by atoms with van der Waals surface area (Å²) in [6.45, 7) is 0. The fraction of sp³-hybridized carbons (Fsp3) is 0. The molecule has 0 aromatic heterocycles. The van der Waals surface area contributed by atoms with E-state index in [1.54, 1.807) is 0 Å². The average Bonchev–Trinajstić information content (AvgIpc) is 1.12. The summed E-state index contributed by atoms with van der Waals surface area (Å²) >= 11 is 0. The summed E-state index contributed by atoms with van der Waals surface area (Å²) in [5.74, 6) is 0. The van der Waals surface area contributed by atoms with Gasteiger partial charge in [-0.3, -0.25) is 8.42 Å². The van der Waals surface area contributed by atoms with Gasteiger partial charge >= 0.3 is 84.7 Å². The molecule has 13 heteroatoms. The second kappa shape index (κ2) is 12.8. The van der Waals surface area contributed by atoms with E-state index in [0.717, 1.165) is 0 Å². The molecule has 0 unspecified atom stereocenters. The van der Waals surface area contributed by atoms with Crippen LogP contribution in [-0.2, 0) is 10.4 Å². The molecule has 64 valence electrons. The molecule has 0 spiro atoms. The largest absolute Gasteiger partial charge is 3.00 e. The van der Waals surface area contributed by atoms with Crippen LogP contribution in [0.1, 0.15) is 0 Å². The Kier molecular flexibility index (Phi) is 29.2. The van der Waals surface area contributed by atoms with Crippen molar-refractivity contribution in [3.63, 3.8) is 0 Å². The van der Waals surface area contributed by atoms with Crippen LogP contribution in [0.3, 0.4) is 0 Å². The van der Waals surface area contributed by atoms with Crippen molar-refractivity contribution >= 4 is 74.5 Å². The van der Waals surface area contributed by atoms with Gasteiger partial charge in [-0.1, -0.05) is 0 Å². The van der Waals surface area contributed by atoms with Crippen LogP contribution in [0.15, 0.2) is 0 Å². The summed E-state index contributed by atoms with van der Waals surface area (Å²) in [5.41, 5.74) is 0. The predicted octanol–water partition coefficient (Wildman–Crippen LogP) is -10.2. The molecule has 13 heavy (non-hydrogen) atoms. The van der Waals surface area contributed by atoms with E-state index in [-0.39, 0.29) is 84.7 Å². The van der Waals surface area contributed by atoms with Gasteiger partial charge in [0.2, 0.25) is 0 Å². The molecule has 0 aliphatic rings. The minimum atomic E-state index is -5.61. The van der Waals surface area contributed by atoms with Gasteiger partial charge < -0.3 is 37.3 Å².